The summed E-state index contributed by atoms with van der Waals surface area (Å²) in [6.07, 6.45) is 2.24. The second-order valence-electron chi connectivity index (χ2n) is 3.72. The zero-order chi connectivity index (χ0) is 13.1. The van der Waals surface area contributed by atoms with E-state index in [1.807, 2.05) is 24.4 Å². The van der Waals surface area contributed by atoms with Gasteiger partial charge in [0.25, 0.3) is 5.91 Å². The highest BCUT2D eigenvalue weighted by Gasteiger charge is 2.16. The summed E-state index contributed by atoms with van der Waals surface area (Å²) in [5, 5.41) is 17.5. The van der Waals surface area contributed by atoms with E-state index in [1.165, 1.54) is 22.2 Å². The van der Waals surface area contributed by atoms with Crippen LogP contribution in [0, 0.1) is 11.3 Å². The number of nitrogens with one attached hydrogen (secondary N) is 1. The number of carbonyl (C=O) groups excluding carboxylic acids is 1. The Hall–Kier alpha value is -2.13. The Kier molecular flexibility index (Phi) is 3.44. The van der Waals surface area contributed by atoms with E-state index in [2.05, 4.69) is 10.4 Å². The summed E-state index contributed by atoms with van der Waals surface area (Å²) >= 11 is 1.40. The van der Waals surface area contributed by atoms with Crippen molar-refractivity contribution in [2.45, 2.75) is 13.3 Å². The Balaban J connectivity index is 2.27. The fourth-order valence-corrected chi connectivity index (χ4v) is 2.54. The lowest BCUT2D eigenvalue weighted by Gasteiger charge is -2.05. The van der Waals surface area contributed by atoms with Crippen LogP contribution in [-0.4, -0.2) is 15.7 Å². The second kappa shape index (κ2) is 5.02. The minimum Gasteiger partial charge on any atom is -0.305 e. The smallest absolute Gasteiger partial charge is 0.267 e. The lowest BCUT2D eigenvalue weighted by Crippen LogP contribution is -2.15. The Morgan fingerprint density at radius 3 is 3.11 bits per heavy atom. The predicted octanol–water partition coefficient (Wildman–Crippen LogP) is 2.17. The van der Waals surface area contributed by atoms with Gasteiger partial charge in [0.2, 0.25) is 0 Å². The maximum atomic E-state index is 12.1. The van der Waals surface area contributed by atoms with E-state index in [4.69, 9.17) is 5.26 Å². The largest absolute Gasteiger partial charge is 0.305 e. The number of nitrogens with zero attached hydrogens (tertiary/aromatic N) is 3. The van der Waals surface area contributed by atoms with Gasteiger partial charge in [0.1, 0.15) is 17.5 Å². The molecule has 1 amide bonds. The summed E-state index contributed by atoms with van der Waals surface area (Å²) in [5.41, 5.74) is 1.37. The van der Waals surface area contributed by atoms with Crippen molar-refractivity contribution in [1.29, 1.82) is 5.26 Å². The third-order valence-electron chi connectivity index (χ3n) is 2.63. The number of aromatic nitrogens is 2. The zero-order valence-electron chi connectivity index (χ0n) is 10.1. The minimum atomic E-state index is -0.193. The predicted molar refractivity (Wildman–Crippen MR) is 69.6 cm³/mol. The zero-order valence-corrected chi connectivity index (χ0v) is 10.9. The summed E-state index contributed by atoms with van der Waals surface area (Å²) in [6, 6.07) is 3.94. The molecule has 0 saturated heterocycles. The van der Waals surface area contributed by atoms with Gasteiger partial charge < -0.3 is 5.32 Å². The quantitative estimate of drug-likeness (QED) is 0.919. The number of thiophene rings is 1. The SMILES string of the molecule is CCc1ccsc1C(=O)Nc1c(C#N)cnn1C. The number of nitriles is 1. The fraction of sp³-hybridized carbons (Fsp3) is 0.250. The highest BCUT2D eigenvalue weighted by molar-refractivity contribution is 7.12. The lowest BCUT2D eigenvalue weighted by molar-refractivity contribution is 0.102. The average molecular weight is 260 g/mol. The van der Waals surface area contributed by atoms with Crippen molar-refractivity contribution < 1.29 is 4.79 Å². The molecule has 0 fully saturated rings. The van der Waals surface area contributed by atoms with Crippen molar-refractivity contribution in [3.63, 3.8) is 0 Å². The maximum Gasteiger partial charge on any atom is 0.267 e. The number of amides is 1. The molecule has 0 aliphatic heterocycles. The van der Waals surface area contributed by atoms with E-state index < -0.39 is 0 Å². The number of carbonyl (C=O) groups is 1. The molecular formula is C12H12N4OS. The van der Waals surface area contributed by atoms with Crippen molar-refractivity contribution in [3.05, 3.63) is 33.6 Å². The Morgan fingerprint density at radius 1 is 1.67 bits per heavy atom. The van der Waals surface area contributed by atoms with Crippen molar-refractivity contribution in [2.24, 2.45) is 7.05 Å². The monoisotopic (exact) mass is 260 g/mol. The summed E-state index contributed by atoms with van der Waals surface area (Å²) < 4.78 is 1.48. The van der Waals surface area contributed by atoms with Crippen LogP contribution >= 0.6 is 11.3 Å². The molecular weight excluding hydrogens is 248 g/mol. The molecule has 18 heavy (non-hydrogen) atoms. The van der Waals surface area contributed by atoms with Crippen molar-refractivity contribution in [2.75, 3.05) is 5.32 Å². The van der Waals surface area contributed by atoms with Crippen LogP contribution in [0.5, 0.6) is 0 Å². The third kappa shape index (κ3) is 2.13. The second-order valence-corrected chi connectivity index (χ2v) is 4.64. The summed E-state index contributed by atoms with van der Waals surface area (Å²) in [7, 11) is 1.69. The topological polar surface area (TPSA) is 70.7 Å². The molecule has 0 bridgehead atoms. The summed E-state index contributed by atoms with van der Waals surface area (Å²) in [5.74, 6) is 0.236. The highest BCUT2D eigenvalue weighted by atomic mass is 32.1. The van der Waals surface area contributed by atoms with E-state index >= 15 is 0 Å². The molecule has 0 radical (unpaired) electrons. The van der Waals surface area contributed by atoms with Crippen LogP contribution in [0.2, 0.25) is 0 Å². The van der Waals surface area contributed by atoms with Gasteiger partial charge in [-0.25, -0.2) is 0 Å². The Labute approximate surface area is 109 Å². The van der Waals surface area contributed by atoms with E-state index in [-0.39, 0.29) is 5.91 Å². The van der Waals surface area contributed by atoms with Gasteiger partial charge in [0, 0.05) is 7.05 Å². The molecule has 1 N–H and O–H groups in total. The van der Waals surface area contributed by atoms with Crippen LogP contribution in [0.1, 0.15) is 27.7 Å². The molecule has 0 spiro atoms. The van der Waals surface area contributed by atoms with Crippen LogP contribution in [0.15, 0.2) is 17.6 Å². The molecule has 2 aromatic rings. The van der Waals surface area contributed by atoms with Gasteiger partial charge in [0.15, 0.2) is 0 Å². The number of hydrogen-bond acceptors (Lipinski definition) is 4. The molecule has 0 atom stereocenters. The van der Waals surface area contributed by atoms with Crippen molar-refractivity contribution in [3.8, 4) is 6.07 Å². The van der Waals surface area contributed by atoms with Gasteiger partial charge in [-0.05, 0) is 23.4 Å². The van der Waals surface area contributed by atoms with Gasteiger partial charge in [-0.15, -0.1) is 11.3 Å². The van der Waals surface area contributed by atoms with Crippen LogP contribution in [0.25, 0.3) is 0 Å². The molecule has 0 saturated carbocycles. The first-order valence-corrected chi connectivity index (χ1v) is 6.35. The highest BCUT2D eigenvalue weighted by Crippen LogP contribution is 2.20. The standard InChI is InChI=1S/C12H12N4OS/c1-3-8-4-5-18-10(8)12(17)15-11-9(6-13)7-14-16(11)2/h4-5,7H,3H2,1-2H3,(H,15,17). The molecule has 2 heterocycles. The van der Waals surface area contributed by atoms with Gasteiger partial charge in [-0.3, -0.25) is 9.48 Å². The van der Waals surface area contributed by atoms with E-state index in [0.29, 0.717) is 16.3 Å². The molecule has 0 aliphatic carbocycles. The number of aryl methyl sites for hydroxylation is 2. The maximum absolute atomic E-state index is 12.1. The van der Waals surface area contributed by atoms with Gasteiger partial charge in [-0.1, -0.05) is 6.92 Å². The lowest BCUT2D eigenvalue weighted by atomic mass is 10.2. The molecule has 0 unspecified atom stereocenters. The first kappa shape index (κ1) is 12.3. The molecule has 5 nitrogen and oxygen atoms in total. The van der Waals surface area contributed by atoms with Crippen molar-refractivity contribution in [1.82, 2.24) is 9.78 Å². The average Bonchev–Trinajstić information content (AvgIpc) is 2.97. The molecule has 0 aromatic carbocycles. The first-order chi connectivity index (χ1) is 8.67. The van der Waals surface area contributed by atoms with E-state index in [9.17, 15) is 4.79 Å². The Morgan fingerprint density at radius 2 is 2.44 bits per heavy atom. The van der Waals surface area contributed by atoms with E-state index in [1.54, 1.807) is 7.05 Å². The molecule has 2 aromatic heterocycles. The van der Waals surface area contributed by atoms with Crippen LogP contribution in [0.3, 0.4) is 0 Å². The molecule has 92 valence electrons. The molecule has 0 aliphatic rings. The molecule has 6 heteroatoms. The summed E-state index contributed by atoms with van der Waals surface area (Å²) in [4.78, 5) is 12.8. The van der Waals surface area contributed by atoms with Gasteiger partial charge in [0.05, 0.1) is 11.1 Å². The third-order valence-corrected chi connectivity index (χ3v) is 3.58. The number of anilines is 1. The first-order valence-electron chi connectivity index (χ1n) is 5.47. The van der Waals surface area contributed by atoms with Crippen LogP contribution in [0.4, 0.5) is 5.82 Å². The fourth-order valence-electron chi connectivity index (χ4n) is 1.65. The number of hydrogen-bond donors (Lipinski definition) is 1. The number of rotatable bonds is 3. The van der Waals surface area contributed by atoms with Crippen LogP contribution in [-0.2, 0) is 13.5 Å². The molecule has 2 rings (SSSR count). The summed E-state index contributed by atoms with van der Waals surface area (Å²) in [6.45, 7) is 2.00. The normalized spacial score (nSPS) is 10.1. The van der Waals surface area contributed by atoms with Gasteiger partial charge >= 0.3 is 0 Å². The Bertz CT molecular complexity index is 620. The van der Waals surface area contributed by atoms with Crippen molar-refractivity contribution >= 4 is 23.1 Å². The minimum absolute atomic E-state index is 0.193. The van der Waals surface area contributed by atoms with Gasteiger partial charge in [-0.2, -0.15) is 10.4 Å². The van der Waals surface area contributed by atoms with Crippen LogP contribution < -0.4 is 5.32 Å². The van der Waals surface area contributed by atoms with E-state index in [0.717, 1.165) is 12.0 Å².